The molecule has 19 heavy (non-hydrogen) atoms. The summed E-state index contributed by atoms with van der Waals surface area (Å²) in [6.07, 6.45) is 12.2. The van der Waals surface area contributed by atoms with E-state index in [4.69, 9.17) is 0 Å². The second-order valence-electron chi connectivity index (χ2n) is 4.95. The minimum Gasteiger partial charge on any atom is -0.384 e. The largest absolute Gasteiger partial charge is 0.384 e. The van der Waals surface area contributed by atoms with E-state index in [-0.39, 0.29) is 0 Å². The van der Waals surface area contributed by atoms with Gasteiger partial charge in [-0.1, -0.05) is 69.4 Å². The molecule has 0 saturated heterocycles. The van der Waals surface area contributed by atoms with Crippen molar-refractivity contribution in [2.45, 2.75) is 58.0 Å². The molecule has 0 heterocycles. The van der Waals surface area contributed by atoms with E-state index in [0.29, 0.717) is 0 Å². The number of rotatable bonds is 9. The average molecular weight is 258 g/mol. The van der Waals surface area contributed by atoms with Crippen molar-refractivity contribution >= 4 is 0 Å². The Hall–Kier alpha value is -1.30. The summed E-state index contributed by atoms with van der Waals surface area (Å²) in [7, 11) is 0. The molecule has 1 aromatic carbocycles. The van der Waals surface area contributed by atoms with Crippen LogP contribution in [-0.2, 0) is 0 Å². The molecule has 1 atom stereocenters. The summed E-state index contributed by atoms with van der Waals surface area (Å²) in [6, 6.07) is 9.68. The summed E-state index contributed by atoms with van der Waals surface area (Å²) in [5.74, 6) is 0. The molecule has 0 aliphatic rings. The Kier molecular flexibility index (Phi) is 8.80. The van der Waals surface area contributed by atoms with E-state index in [1.165, 1.54) is 38.5 Å². The average Bonchev–Trinajstić information content (AvgIpc) is 2.46. The SMILES string of the molecule is CCCCCCCCC=C=CC(O)c1ccccc1. The van der Waals surface area contributed by atoms with Crippen molar-refractivity contribution in [3.8, 4) is 0 Å². The molecule has 0 saturated carbocycles. The van der Waals surface area contributed by atoms with Crippen LogP contribution < -0.4 is 0 Å². The van der Waals surface area contributed by atoms with Crippen LogP contribution in [-0.4, -0.2) is 5.11 Å². The molecule has 0 amide bonds. The zero-order valence-electron chi connectivity index (χ0n) is 12.0. The standard InChI is InChI=1S/C18H26O/c1-2-3-4-5-6-7-8-9-13-16-18(19)17-14-11-10-12-15-17/h9-12,14-16,18-19H,2-8H2,1H3. The van der Waals surface area contributed by atoms with Gasteiger partial charge in [-0.3, -0.25) is 0 Å². The van der Waals surface area contributed by atoms with Crippen molar-refractivity contribution in [2.75, 3.05) is 0 Å². The molecule has 1 heteroatoms. The molecular formula is C18H26O. The van der Waals surface area contributed by atoms with Gasteiger partial charge in [0, 0.05) is 0 Å². The highest BCUT2D eigenvalue weighted by Crippen LogP contribution is 2.12. The van der Waals surface area contributed by atoms with Gasteiger partial charge in [-0.15, -0.1) is 5.73 Å². The Morgan fingerprint density at radius 2 is 1.74 bits per heavy atom. The Morgan fingerprint density at radius 3 is 2.47 bits per heavy atom. The smallest absolute Gasteiger partial charge is 0.104 e. The molecule has 104 valence electrons. The molecule has 0 radical (unpaired) electrons. The van der Waals surface area contributed by atoms with Gasteiger partial charge in [0.2, 0.25) is 0 Å². The molecule has 0 bridgehead atoms. The fourth-order valence-electron chi connectivity index (χ4n) is 2.02. The van der Waals surface area contributed by atoms with E-state index in [1.54, 1.807) is 6.08 Å². The van der Waals surface area contributed by atoms with Crippen LogP contribution in [0.2, 0.25) is 0 Å². The number of hydrogen-bond acceptors (Lipinski definition) is 1. The summed E-state index contributed by atoms with van der Waals surface area (Å²) in [5.41, 5.74) is 4.01. The molecule has 0 aliphatic carbocycles. The van der Waals surface area contributed by atoms with Crippen LogP contribution in [0.4, 0.5) is 0 Å². The van der Waals surface area contributed by atoms with Crippen molar-refractivity contribution < 1.29 is 5.11 Å². The third-order valence-electron chi connectivity index (χ3n) is 3.22. The molecule has 1 rings (SSSR count). The molecule has 1 nitrogen and oxygen atoms in total. The van der Waals surface area contributed by atoms with Gasteiger partial charge in [-0.25, -0.2) is 0 Å². The van der Waals surface area contributed by atoms with Gasteiger partial charge in [-0.05, 0) is 30.6 Å². The van der Waals surface area contributed by atoms with Gasteiger partial charge in [-0.2, -0.15) is 0 Å². The first kappa shape index (κ1) is 15.8. The van der Waals surface area contributed by atoms with Crippen LogP contribution in [0, 0.1) is 0 Å². The predicted molar refractivity (Wildman–Crippen MR) is 82.0 cm³/mol. The summed E-state index contributed by atoms with van der Waals surface area (Å²) in [4.78, 5) is 0. The van der Waals surface area contributed by atoms with E-state index < -0.39 is 6.10 Å². The Bertz CT molecular complexity index is 374. The van der Waals surface area contributed by atoms with Crippen LogP contribution in [0.5, 0.6) is 0 Å². The third-order valence-corrected chi connectivity index (χ3v) is 3.22. The van der Waals surface area contributed by atoms with Gasteiger partial charge < -0.3 is 5.11 Å². The molecular weight excluding hydrogens is 232 g/mol. The molecule has 0 spiro atoms. The molecule has 1 N–H and O–H groups in total. The van der Waals surface area contributed by atoms with Crippen molar-refractivity contribution in [2.24, 2.45) is 0 Å². The zero-order valence-corrected chi connectivity index (χ0v) is 12.0. The second kappa shape index (κ2) is 10.6. The maximum absolute atomic E-state index is 9.88. The van der Waals surface area contributed by atoms with E-state index in [2.05, 4.69) is 12.7 Å². The first-order chi connectivity index (χ1) is 9.34. The Balaban J connectivity index is 2.16. The minimum absolute atomic E-state index is 0.540. The zero-order chi connectivity index (χ0) is 13.8. The summed E-state index contributed by atoms with van der Waals surface area (Å²) < 4.78 is 0. The maximum atomic E-state index is 9.88. The normalized spacial score (nSPS) is 11.7. The third kappa shape index (κ3) is 7.66. The predicted octanol–water partition coefficient (Wildman–Crippen LogP) is 5.18. The van der Waals surface area contributed by atoms with E-state index in [9.17, 15) is 5.11 Å². The van der Waals surface area contributed by atoms with Gasteiger partial charge in [0.25, 0.3) is 0 Å². The van der Waals surface area contributed by atoms with E-state index in [1.807, 2.05) is 36.4 Å². The highest BCUT2D eigenvalue weighted by Gasteiger charge is 1.99. The first-order valence-electron chi connectivity index (χ1n) is 7.48. The molecule has 0 fully saturated rings. The quantitative estimate of drug-likeness (QED) is 0.478. The fraction of sp³-hybridized carbons (Fsp3) is 0.500. The fourth-order valence-corrected chi connectivity index (χ4v) is 2.02. The van der Waals surface area contributed by atoms with Crippen molar-refractivity contribution in [1.29, 1.82) is 0 Å². The molecule has 1 unspecified atom stereocenters. The lowest BCUT2D eigenvalue weighted by Crippen LogP contribution is -1.90. The summed E-state index contributed by atoms with van der Waals surface area (Å²) >= 11 is 0. The number of aliphatic hydroxyl groups excluding tert-OH is 1. The van der Waals surface area contributed by atoms with Crippen LogP contribution in [0.15, 0.2) is 48.2 Å². The summed E-state index contributed by atoms with van der Waals surface area (Å²) in [6.45, 7) is 2.24. The maximum Gasteiger partial charge on any atom is 0.104 e. The minimum atomic E-state index is -0.540. The summed E-state index contributed by atoms with van der Waals surface area (Å²) in [5, 5.41) is 9.88. The van der Waals surface area contributed by atoms with Crippen LogP contribution in [0.25, 0.3) is 0 Å². The van der Waals surface area contributed by atoms with Gasteiger partial charge in [0.1, 0.15) is 6.10 Å². The lowest BCUT2D eigenvalue weighted by Gasteiger charge is -2.02. The van der Waals surface area contributed by atoms with Crippen LogP contribution in [0.3, 0.4) is 0 Å². The van der Waals surface area contributed by atoms with Gasteiger partial charge in [0.05, 0.1) is 0 Å². The lowest BCUT2D eigenvalue weighted by atomic mass is 10.1. The van der Waals surface area contributed by atoms with E-state index in [0.717, 1.165) is 12.0 Å². The number of benzene rings is 1. The van der Waals surface area contributed by atoms with Crippen molar-refractivity contribution in [3.05, 3.63) is 53.8 Å². The number of hydrogen-bond donors (Lipinski definition) is 1. The van der Waals surface area contributed by atoms with Gasteiger partial charge >= 0.3 is 0 Å². The second-order valence-corrected chi connectivity index (χ2v) is 4.95. The molecule has 0 aliphatic heterocycles. The first-order valence-corrected chi connectivity index (χ1v) is 7.48. The highest BCUT2D eigenvalue weighted by atomic mass is 16.3. The lowest BCUT2D eigenvalue weighted by molar-refractivity contribution is 0.229. The molecule has 1 aromatic rings. The van der Waals surface area contributed by atoms with Gasteiger partial charge in [0.15, 0.2) is 0 Å². The van der Waals surface area contributed by atoms with E-state index >= 15 is 0 Å². The van der Waals surface area contributed by atoms with Crippen molar-refractivity contribution in [1.82, 2.24) is 0 Å². The Morgan fingerprint density at radius 1 is 1.05 bits per heavy atom. The monoisotopic (exact) mass is 258 g/mol. The van der Waals surface area contributed by atoms with Crippen LogP contribution >= 0.6 is 0 Å². The highest BCUT2D eigenvalue weighted by molar-refractivity contribution is 5.20. The number of aliphatic hydroxyl groups is 1. The van der Waals surface area contributed by atoms with Crippen molar-refractivity contribution in [3.63, 3.8) is 0 Å². The Labute approximate surface area is 117 Å². The molecule has 0 aromatic heterocycles. The topological polar surface area (TPSA) is 20.2 Å². The van der Waals surface area contributed by atoms with Crippen LogP contribution in [0.1, 0.15) is 63.5 Å². The number of unbranched alkanes of at least 4 members (excludes halogenated alkanes) is 6.